The van der Waals surface area contributed by atoms with Crippen LogP contribution in [0.2, 0.25) is 0 Å². The number of ketones is 1. The summed E-state index contributed by atoms with van der Waals surface area (Å²) in [6, 6.07) is 14.5. The molecule has 0 aromatic heterocycles. The summed E-state index contributed by atoms with van der Waals surface area (Å²) in [4.78, 5) is 37.2. The molecule has 0 aliphatic carbocycles. The molecule has 1 saturated heterocycles. The Bertz CT molecular complexity index is 1300. The van der Waals surface area contributed by atoms with Crippen LogP contribution in [0.4, 0.5) is 4.79 Å². The quantitative estimate of drug-likeness (QED) is 0.391. The van der Waals surface area contributed by atoms with Gasteiger partial charge >= 0.3 is 12.1 Å². The number of fused-ring (bicyclic) bond motifs is 5. The average molecular weight is 510 g/mol. The Kier molecular flexibility index (Phi) is 5.54. The second-order valence-electron chi connectivity index (χ2n) is 8.13. The summed E-state index contributed by atoms with van der Waals surface area (Å²) in [5, 5.41) is 10.9. The first-order valence-corrected chi connectivity index (χ1v) is 11.4. The van der Waals surface area contributed by atoms with Crippen LogP contribution >= 0.6 is 15.9 Å². The van der Waals surface area contributed by atoms with Crippen molar-refractivity contribution >= 4 is 44.5 Å². The molecular weight excluding hydrogens is 490 g/mol. The number of halogens is 1. The van der Waals surface area contributed by atoms with Crippen LogP contribution in [-0.2, 0) is 16.1 Å². The van der Waals surface area contributed by atoms with E-state index < -0.39 is 24.7 Å². The van der Waals surface area contributed by atoms with Crippen LogP contribution in [0, 0.1) is 0 Å². The molecule has 2 aliphatic heterocycles. The van der Waals surface area contributed by atoms with E-state index in [1.807, 2.05) is 30.3 Å². The van der Waals surface area contributed by atoms with Gasteiger partial charge in [-0.1, -0.05) is 40.2 Å². The molecule has 5 rings (SSSR count). The first-order valence-electron chi connectivity index (χ1n) is 10.6. The molecule has 7 nitrogen and oxygen atoms in total. The minimum absolute atomic E-state index is 0.294. The fourth-order valence-electron chi connectivity index (χ4n) is 4.49. The molecule has 3 aromatic rings. The molecule has 8 heteroatoms. The smallest absolute Gasteiger partial charge is 0.408 e. The largest absolute Gasteiger partial charge is 0.488 e. The summed E-state index contributed by atoms with van der Waals surface area (Å²) >= 11 is 3.49. The summed E-state index contributed by atoms with van der Waals surface area (Å²) in [6.45, 7) is 0.325. The van der Waals surface area contributed by atoms with E-state index in [-0.39, 0.29) is 5.78 Å². The molecule has 0 bridgehead atoms. The first kappa shape index (κ1) is 21.5. The van der Waals surface area contributed by atoms with Gasteiger partial charge in [-0.25, -0.2) is 9.59 Å². The average Bonchev–Trinajstić information content (AvgIpc) is 3.32. The number of nitrogens with zero attached hydrogens (tertiary/aromatic N) is 1. The Balaban J connectivity index is 1.34. The molecule has 3 aromatic carbocycles. The van der Waals surface area contributed by atoms with Gasteiger partial charge < -0.3 is 14.6 Å². The minimum atomic E-state index is -1.16. The molecule has 2 aliphatic rings. The number of likely N-dealkylation sites (tertiary alicyclic amines) is 1. The molecule has 2 heterocycles. The second kappa shape index (κ2) is 8.51. The zero-order valence-electron chi connectivity index (χ0n) is 17.5. The molecule has 1 fully saturated rings. The number of carbonyl (C=O) groups excluding carboxylic acids is 2. The van der Waals surface area contributed by atoms with Crippen LogP contribution in [0.25, 0.3) is 21.9 Å². The van der Waals surface area contributed by atoms with E-state index >= 15 is 0 Å². The van der Waals surface area contributed by atoms with Crippen LogP contribution in [-0.4, -0.2) is 47.0 Å². The van der Waals surface area contributed by atoms with Crippen molar-refractivity contribution in [3.63, 3.8) is 0 Å². The third-order valence-electron chi connectivity index (χ3n) is 6.14. The molecule has 33 heavy (non-hydrogen) atoms. The molecule has 1 atom stereocenters. The van der Waals surface area contributed by atoms with Gasteiger partial charge in [-0.05, 0) is 53.6 Å². The predicted molar refractivity (Wildman–Crippen MR) is 124 cm³/mol. The highest BCUT2D eigenvalue weighted by atomic mass is 79.9. The van der Waals surface area contributed by atoms with Crippen molar-refractivity contribution in [2.75, 3.05) is 13.2 Å². The lowest BCUT2D eigenvalue weighted by Gasteiger charge is -2.22. The van der Waals surface area contributed by atoms with Crippen molar-refractivity contribution < 1.29 is 29.0 Å². The van der Waals surface area contributed by atoms with E-state index in [9.17, 15) is 19.5 Å². The van der Waals surface area contributed by atoms with E-state index in [0.717, 1.165) is 42.6 Å². The van der Waals surface area contributed by atoms with Crippen molar-refractivity contribution in [3.8, 4) is 16.9 Å². The van der Waals surface area contributed by atoms with Gasteiger partial charge in [0.05, 0.1) is 0 Å². The maximum atomic E-state index is 12.7. The van der Waals surface area contributed by atoms with Crippen LogP contribution in [0.15, 0.2) is 53.0 Å². The number of benzene rings is 3. The first-order chi connectivity index (χ1) is 15.9. The van der Waals surface area contributed by atoms with Gasteiger partial charge in [0.25, 0.3) is 0 Å². The molecule has 1 N–H and O–H groups in total. The third-order valence-corrected chi connectivity index (χ3v) is 6.63. The number of rotatable bonds is 4. The van der Waals surface area contributed by atoms with E-state index in [0.29, 0.717) is 31.6 Å². The van der Waals surface area contributed by atoms with Crippen LogP contribution in [0.1, 0.15) is 28.8 Å². The number of hydrogen-bond acceptors (Lipinski definition) is 5. The van der Waals surface area contributed by atoms with Gasteiger partial charge in [0.1, 0.15) is 18.4 Å². The lowest BCUT2D eigenvalue weighted by molar-refractivity contribution is -0.147. The summed E-state index contributed by atoms with van der Waals surface area (Å²) in [5.41, 5.74) is 3.64. The van der Waals surface area contributed by atoms with Gasteiger partial charge in [-0.3, -0.25) is 9.69 Å². The van der Waals surface area contributed by atoms with Gasteiger partial charge in [-0.15, -0.1) is 0 Å². The van der Waals surface area contributed by atoms with Crippen LogP contribution in [0.3, 0.4) is 0 Å². The summed E-state index contributed by atoms with van der Waals surface area (Å²) < 4.78 is 12.2. The maximum absolute atomic E-state index is 12.7. The molecule has 0 radical (unpaired) electrons. The Morgan fingerprint density at radius 2 is 1.91 bits per heavy atom. The Labute approximate surface area is 198 Å². The zero-order valence-corrected chi connectivity index (χ0v) is 19.1. The highest BCUT2D eigenvalue weighted by molar-refractivity contribution is 9.10. The van der Waals surface area contributed by atoms with Crippen LogP contribution in [0.5, 0.6) is 5.75 Å². The highest BCUT2D eigenvalue weighted by Gasteiger charge is 2.35. The standard InChI is InChI=1S/C25H20BrNO6/c26-17-5-8-18-16(11-17)12-32-23-19-6-4-15(10-14(19)3-7-20(18)23)22(28)13-33-24(29)21-2-1-9-27(21)25(30)31/h3-8,10-11,21H,1-2,9,12-13H2,(H,30,31). The van der Waals surface area contributed by atoms with Gasteiger partial charge in [0.2, 0.25) is 0 Å². The lowest BCUT2D eigenvalue weighted by Crippen LogP contribution is -2.41. The number of hydrogen-bond donors (Lipinski definition) is 1. The van der Waals surface area contributed by atoms with E-state index in [4.69, 9.17) is 9.47 Å². The van der Waals surface area contributed by atoms with Crippen LogP contribution < -0.4 is 4.74 Å². The normalized spacial score (nSPS) is 16.6. The molecule has 1 amide bonds. The number of esters is 1. The minimum Gasteiger partial charge on any atom is -0.488 e. The number of Topliss-reactive ketones (excluding diaryl/α,β-unsaturated/α-hetero) is 1. The SMILES string of the molecule is O=C(COC(=O)C1CCCN1C(=O)O)c1ccc2c3c(ccc2c1)-c1ccc(Br)cc1CO3. The number of carboxylic acid groups (broad SMARTS) is 1. The van der Waals surface area contributed by atoms with E-state index in [2.05, 4.69) is 22.0 Å². The molecule has 0 spiro atoms. The highest BCUT2D eigenvalue weighted by Crippen LogP contribution is 2.43. The van der Waals surface area contributed by atoms with Crippen molar-refractivity contribution in [1.82, 2.24) is 4.90 Å². The van der Waals surface area contributed by atoms with E-state index in [1.54, 1.807) is 12.1 Å². The Morgan fingerprint density at radius 3 is 2.73 bits per heavy atom. The fraction of sp³-hybridized carbons (Fsp3) is 0.240. The van der Waals surface area contributed by atoms with Gasteiger partial charge in [-0.2, -0.15) is 0 Å². The topological polar surface area (TPSA) is 93.1 Å². The zero-order chi connectivity index (χ0) is 23.1. The van der Waals surface area contributed by atoms with Crippen molar-refractivity contribution in [1.29, 1.82) is 0 Å². The molecular formula is C25H20BrNO6. The Morgan fingerprint density at radius 1 is 1.09 bits per heavy atom. The summed E-state index contributed by atoms with van der Waals surface area (Å²) in [7, 11) is 0. The van der Waals surface area contributed by atoms with Gasteiger partial charge in [0.15, 0.2) is 12.4 Å². The second-order valence-corrected chi connectivity index (χ2v) is 9.05. The van der Waals surface area contributed by atoms with Crippen molar-refractivity contribution in [3.05, 3.63) is 64.1 Å². The van der Waals surface area contributed by atoms with Crippen molar-refractivity contribution in [2.45, 2.75) is 25.5 Å². The maximum Gasteiger partial charge on any atom is 0.408 e. The number of amides is 1. The number of ether oxygens (including phenoxy) is 2. The molecule has 0 saturated carbocycles. The summed E-state index contributed by atoms with van der Waals surface area (Å²) in [6.07, 6.45) is -0.157. The lowest BCUT2D eigenvalue weighted by atomic mass is 9.93. The Hall–Kier alpha value is -3.39. The molecule has 1 unspecified atom stereocenters. The van der Waals surface area contributed by atoms with E-state index in [1.165, 1.54) is 0 Å². The molecule has 168 valence electrons. The van der Waals surface area contributed by atoms with Crippen molar-refractivity contribution in [2.24, 2.45) is 0 Å². The summed E-state index contributed by atoms with van der Waals surface area (Å²) in [5.74, 6) is -0.251. The third kappa shape index (κ3) is 3.95. The monoisotopic (exact) mass is 509 g/mol. The number of carbonyl (C=O) groups is 3. The van der Waals surface area contributed by atoms with Gasteiger partial charge in [0, 0.05) is 27.5 Å². The fourth-order valence-corrected chi connectivity index (χ4v) is 4.90. The predicted octanol–water partition coefficient (Wildman–Crippen LogP) is 5.03.